The van der Waals surface area contributed by atoms with E-state index in [1.807, 2.05) is 31.2 Å². The maximum absolute atomic E-state index is 12.4. The van der Waals surface area contributed by atoms with Gasteiger partial charge in [0.15, 0.2) is 0 Å². The molecule has 0 heterocycles. The van der Waals surface area contributed by atoms with E-state index in [2.05, 4.69) is 27.8 Å². The summed E-state index contributed by atoms with van der Waals surface area (Å²) < 4.78 is 0. The van der Waals surface area contributed by atoms with Crippen molar-refractivity contribution in [1.82, 2.24) is 16.1 Å². The highest BCUT2D eigenvalue weighted by Gasteiger charge is 2.25. The Kier molecular flexibility index (Phi) is 10.1. The fraction of sp³-hybridized carbons (Fsp3) is 0.207. The Hall–Kier alpha value is -4.49. The molecule has 0 aliphatic heterocycles. The van der Waals surface area contributed by atoms with Crippen LogP contribution in [0.25, 0.3) is 0 Å². The predicted octanol–water partition coefficient (Wildman–Crippen LogP) is 2.11. The number of hydroxylamine groups is 1. The van der Waals surface area contributed by atoms with Gasteiger partial charge < -0.3 is 21.1 Å². The van der Waals surface area contributed by atoms with Gasteiger partial charge in [0.25, 0.3) is 11.8 Å². The first kappa shape index (κ1) is 28.1. The van der Waals surface area contributed by atoms with Crippen LogP contribution in [0.4, 0.5) is 5.69 Å². The normalized spacial score (nSPS) is 11.9. The van der Waals surface area contributed by atoms with E-state index >= 15 is 0 Å². The Morgan fingerprint density at radius 1 is 0.868 bits per heavy atom. The first-order valence-electron chi connectivity index (χ1n) is 12.0. The van der Waals surface area contributed by atoms with Crippen LogP contribution >= 0.6 is 0 Å². The molecule has 3 aromatic carbocycles. The first-order chi connectivity index (χ1) is 18.2. The molecule has 9 heteroatoms. The lowest BCUT2D eigenvalue weighted by Crippen LogP contribution is -2.51. The highest BCUT2D eigenvalue weighted by molar-refractivity contribution is 5.97. The number of amides is 3. The van der Waals surface area contributed by atoms with Crippen molar-refractivity contribution in [3.8, 4) is 11.8 Å². The molecule has 0 bridgehead atoms. The SMILES string of the molecule is Cc1ccc(CNCC(=O)Nc2ccc(C#Cc3ccc(C(=O)N[C@H](C(=O)NO)[C@@H](C)O)cc3)cc2)cc1. The van der Waals surface area contributed by atoms with Gasteiger partial charge in [0, 0.05) is 28.9 Å². The van der Waals surface area contributed by atoms with Crippen LogP contribution in [0.15, 0.2) is 72.8 Å². The fourth-order valence-corrected chi connectivity index (χ4v) is 3.42. The Morgan fingerprint density at radius 3 is 2.00 bits per heavy atom. The van der Waals surface area contributed by atoms with E-state index in [4.69, 9.17) is 5.21 Å². The third-order valence-electron chi connectivity index (χ3n) is 5.56. The van der Waals surface area contributed by atoms with Crippen LogP contribution in [0.1, 0.15) is 39.5 Å². The Bertz CT molecular complexity index is 1310. The number of aryl methyl sites for hydroxylation is 1. The number of rotatable bonds is 9. The standard InChI is InChI=1S/C29H30N4O5/c1-19-3-5-23(6-4-19)17-30-18-26(35)31-25-15-11-22(12-16-25)8-7-21-9-13-24(14-10-21)28(36)32-27(20(2)34)29(37)33-38/h3-6,9-16,20,27,30,34,38H,17-18H2,1-2H3,(H,31,35)(H,32,36)(H,33,37)/t20-,27+/m1/s1. The van der Waals surface area contributed by atoms with E-state index in [1.54, 1.807) is 48.5 Å². The number of benzene rings is 3. The second-order valence-corrected chi connectivity index (χ2v) is 8.71. The van der Waals surface area contributed by atoms with Crippen molar-refractivity contribution >= 4 is 23.4 Å². The molecule has 9 nitrogen and oxygen atoms in total. The van der Waals surface area contributed by atoms with E-state index in [9.17, 15) is 19.5 Å². The monoisotopic (exact) mass is 514 g/mol. The number of anilines is 1. The highest BCUT2D eigenvalue weighted by Crippen LogP contribution is 2.10. The number of hydrogen-bond acceptors (Lipinski definition) is 6. The molecule has 0 radical (unpaired) electrons. The van der Waals surface area contributed by atoms with E-state index in [1.165, 1.54) is 18.0 Å². The summed E-state index contributed by atoms with van der Waals surface area (Å²) in [6.45, 7) is 4.16. The molecule has 3 aromatic rings. The third-order valence-corrected chi connectivity index (χ3v) is 5.56. The quantitative estimate of drug-likeness (QED) is 0.147. The van der Waals surface area contributed by atoms with Gasteiger partial charge in [0.2, 0.25) is 5.91 Å². The van der Waals surface area contributed by atoms with Gasteiger partial charge in [-0.3, -0.25) is 19.6 Å². The van der Waals surface area contributed by atoms with Crippen LogP contribution in [0.2, 0.25) is 0 Å². The Morgan fingerprint density at radius 2 is 1.45 bits per heavy atom. The molecule has 0 aliphatic carbocycles. The fourth-order valence-electron chi connectivity index (χ4n) is 3.42. The largest absolute Gasteiger partial charge is 0.391 e. The Labute approximate surface area is 221 Å². The topological polar surface area (TPSA) is 140 Å². The summed E-state index contributed by atoms with van der Waals surface area (Å²) >= 11 is 0. The minimum atomic E-state index is -1.30. The molecule has 2 atom stereocenters. The van der Waals surface area contributed by atoms with Crippen molar-refractivity contribution in [3.05, 3.63) is 101 Å². The predicted molar refractivity (Wildman–Crippen MR) is 143 cm³/mol. The molecule has 0 aromatic heterocycles. The smallest absolute Gasteiger partial charge is 0.268 e. The van der Waals surface area contributed by atoms with Crippen LogP contribution < -0.4 is 21.4 Å². The zero-order valence-corrected chi connectivity index (χ0v) is 21.1. The number of hydrogen-bond donors (Lipinski definition) is 6. The van der Waals surface area contributed by atoms with Gasteiger partial charge in [-0.05, 0) is 67.9 Å². The lowest BCUT2D eigenvalue weighted by atomic mass is 10.1. The molecule has 0 unspecified atom stereocenters. The maximum atomic E-state index is 12.4. The van der Waals surface area contributed by atoms with Gasteiger partial charge in [-0.2, -0.15) is 0 Å². The number of aliphatic hydroxyl groups excluding tert-OH is 1. The molecule has 38 heavy (non-hydrogen) atoms. The summed E-state index contributed by atoms with van der Waals surface area (Å²) in [6, 6.07) is 20.4. The molecular formula is C29H30N4O5. The van der Waals surface area contributed by atoms with E-state index in [0.717, 1.165) is 11.1 Å². The van der Waals surface area contributed by atoms with Crippen molar-refractivity contribution in [3.63, 3.8) is 0 Å². The summed E-state index contributed by atoms with van der Waals surface area (Å²) in [5.74, 6) is 4.39. The van der Waals surface area contributed by atoms with Crippen LogP contribution in [-0.4, -0.2) is 46.7 Å². The second kappa shape index (κ2) is 13.7. The van der Waals surface area contributed by atoms with Gasteiger partial charge in [0.05, 0.1) is 12.6 Å². The van der Waals surface area contributed by atoms with Crippen molar-refractivity contribution in [2.45, 2.75) is 32.5 Å². The van der Waals surface area contributed by atoms with Crippen LogP contribution in [0, 0.1) is 18.8 Å². The molecular weight excluding hydrogens is 484 g/mol. The number of aliphatic hydroxyl groups is 1. The van der Waals surface area contributed by atoms with Gasteiger partial charge in [-0.1, -0.05) is 41.7 Å². The average Bonchev–Trinajstić information content (AvgIpc) is 2.92. The van der Waals surface area contributed by atoms with Crippen molar-refractivity contribution in [2.24, 2.45) is 0 Å². The molecule has 196 valence electrons. The number of nitrogens with one attached hydrogen (secondary N) is 4. The molecule has 0 saturated heterocycles. The van der Waals surface area contributed by atoms with Gasteiger partial charge in [-0.25, -0.2) is 5.48 Å². The van der Waals surface area contributed by atoms with Gasteiger partial charge in [-0.15, -0.1) is 0 Å². The molecule has 0 spiro atoms. The second-order valence-electron chi connectivity index (χ2n) is 8.71. The summed E-state index contributed by atoms with van der Waals surface area (Å²) in [5.41, 5.74) is 6.06. The highest BCUT2D eigenvalue weighted by atomic mass is 16.5. The third kappa shape index (κ3) is 8.57. The summed E-state index contributed by atoms with van der Waals surface area (Å²) in [4.78, 5) is 36.1. The van der Waals surface area contributed by atoms with Gasteiger partial charge in [0.1, 0.15) is 6.04 Å². The minimum absolute atomic E-state index is 0.142. The van der Waals surface area contributed by atoms with E-state index in [0.29, 0.717) is 17.8 Å². The van der Waals surface area contributed by atoms with Crippen LogP contribution in [0.5, 0.6) is 0 Å². The lowest BCUT2D eigenvalue weighted by molar-refractivity contribution is -0.133. The number of carbonyl (C=O) groups excluding carboxylic acids is 3. The summed E-state index contributed by atoms with van der Waals surface area (Å²) in [7, 11) is 0. The van der Waals surface area contributed by atoms with Crippen molar-refractivity contribution < 1.29 is 24.7 Å². The summed E-state index contributed by atoms with van der Waals surface area (Å²) in [6.07, 6.45) is -1.20. The van der Waals surface area contributed by atoms with Crippen molar-refractivity contribution in [1.29, 1.82) is 0 Å². The maximum Gasteiger partial charge on any atom is 0.268 e. The van der Waals surface area contributed by atoms with E-state index in [-0.39, 0.29) is 18.0 Å². The number of carbonyl (C=O) groups is 3. The van der Waals surface area contributed by atoms with Gasteiger partial charge >= 0.3 is 0 Å². The molecule has 0 aliphatic rings. The summed E-state index contributed by atoms with van der Waals surface area (Å²) in [5, 5.41) is 26.7. The zero-order chi connectivity index (χ0) is 27.5. The van der Waals surface area contributed by atoms with Crippen LogP contribution in [0.3, 0.4) is 0 Å². The van der Waals surface area contributed by atoms with Crippen molar-refractivity contribution in [2.75, 3.05) is 11.9 Å². The zero-order valence-electron chi connectivity index (χ0n) is 21.1. The minimum Gasteiger partial charge on any atom is -0.391 e. The first-order valence-corrected chi connectivity index (χ1v) is 12.0. The average molecular weight is 515 g/mol. The van der Waals surface area contributed by atoms with E-state index < -0.39 is 24.0 Å². The lowest BCUT2D eigenvalue weighted by Gasteiger charge is -2.19. The molecule has 6 N–H and O–H groups in total. The molecule has 0 saturated carbocycles. The molecule has 0 fully saturated rings. The molecule has 3 amide bonds. The molecule has 3 rings (SSSR count). The Balaban J connectivity index is 1.50. The van der Waals surface area contributed by atoms with Crippen LogP contribution in [-0.2, 0) is 16.1 Å².